The fourth-order valence-corrected chi connectivity index (χ4v) is 2.92. The van der Waals surface area contributed by atoms with Gasteiger partial charge in [-0.3, -0.25) is 4.79 Å². The van der Waals surface area contributed by atoms with Crippen molar-refractivity contribution < 1.29 is 4.74 Å². The van der Waals surface area contributed by atoms with Gasteiger partial charge in [-0.05, 0) is 48.0 Å². The van der Waals surface area contributed by atoms with Gasteiger partial charge in [0.25, 0.3) is 5.56 Å². The predicted octanol–water partition coefficient (Wildman–Crippen LogP) is 3.70. The monoisotopic (exact) mass is 331 g/mol. The highest BCUT2D eigenvalue weighted by atomic mass is 16.5. The number of fused-ring (bicyclic) bond motifs is 3. The van der Waals surface area contributed by atoms with Gasteiger partial charge in [-0.15, -0.1) is 0 Å². The number of anilines is 1. The summed E-state index contributed by atoms with van der Waals surface area (Å²) in [5.74, 6) is 0.840. The van der Waals surface area contributed by atoms with Crippen LogP contribution in [0, 0.1) is 0 Å². The Balaban J connectivity index is 1.68. The molecule has 0 spiro atoms. The van der Waals surface area contributed by atoms with Gasteiger partial charge >= 0.3 is 0 Å². The molecule has 2 N–H and O–H groups in total. The molecule has 5 nitrogen and oxygen atoms in total. The lowest BCUT2D eigenvalue weighted by Crippen LogP contribution is -2.07. The summed E-state index contributed by atoms with van der Waals surface area (Å²) in [5.41, 5.74) is 2.59. The summed E-state index contributed by atoms with van der Waals surface area (Å²) in [6, 6.07) is 17.5. The Labute approximate surface area is 144 Å². The molecule has 0 aliphatic rings. The zero-order valence-corrected chi connectivity index (χ0v) is 13.7. The van der Waals surface area contributed by atoms with Crippen LogP contribution in [0.2, 0.25) is 0 Å². The van der Waals surface area contributed by atoms with E-state index in [1.54, 1.807) is 13.3 Å². The van der Waals surface area contributed by atoms with Crippen LogP contribution in [0.1, 0.15) is 5.56 Å². The molecule has 4 rings (SSSR count). The Morgan fingerprint density at radius 3 is 2.68 bits per heavy atom. The first-order chi connectivity index (χ1) is 12.2. The van der Waals surface area contributed by atoms with E-state index in [2.05, 4.69) is 15.3 Å². The minimum absolute atomic E-state index is 0.122. The Kier molecular flexibility index (Phi) is 3.82. The lowest BCUT2D eigenvalue weighted by Gasteiger charge is -2.09. The van der Waals surface area contributed by atoms with Crippen LogP contribution in [-0.4, -0.2) is 17.1 Å². The smallest absolute Gasteiger partial charge is 0.257 e. The lowest BCUT2D eigenvalue weighted by molar-refractivity contribution is 0.414. The summed E-state index contributed by atoms with van der Waals surface area (Å²) in [6.07, 6.45) is 1.68. The molecule has 0 unspecified atom stereocenters. The Morgan fingerprint density at radius 2 is 1.88 bits per heavy atom. The maximum Gasteiger partial charge on any atom is 0.257 e. The third-order valence-electron chi connectivity index (χ3n) is 4.25. The van der Waals surface area contributed by atoms with Gasteiger partial charge in [0.1, 0.15) is 11.4 Å². The number of nitrogens with zero attached hydrogens (tertiary/aromatic N) is 1. The minimum atomic E-state index is -0.122. The van der Waals surface area contributed by atoms with Crippen molar-refractivity contribution in [2.75, 3.05) is 12.4 Å². The number of nitrogens with one attached hydrogen (secondary N) is 2. The molecule has 0 fully saturated rings. The van der Waals surface area contributed by atoms with E-state index in [1.807, 2.05) is 54.6 Å². The fraction of sp³-hybridized carbons (Fsp3) is 0.100. The summed E-state index contributed by atoms with van der Waals surface area (Å²) in [4.78, 5) is 19.3. The number of hydrogen-bond acceptors (Lipinski definition) is 4. The van der Waals surface area contributed by atoms with Crippen LogP contribution in [0.4, 0.5) is 5.69 Å². The molecule has 2 heterocycles. The predicted molar refractivity (Wildman–Crippen MR) is 100 cm³/mol. The summed E-state index contributed by atoms with van der Waals surface area (Å²) in [5, 5.41) is 5.89. The average molecular weight is 331 g/mol. The molecule has 4 aromatic rings. The zero-order valence-electron chi connectivity index (χ0n) is 13.7. The van der Waals surface area contributed by atoms with Crippen molar-refractivity contribution >= 4 is 27.5 Å². The van der Waals surface area contributed by atoms with Crippen LogP contribution in [0.25, 0.3) is 21.8 Å². The van der Waals surface area contributed by atoms with E-state index >= 15 is 0 Å². The van der Waals surface area contributed by atoms with Crippen LogP contribution < -0.4 is 15.6 Å². The number of methoxy groups -OCH3 is 1. The molecule has 0 atom stereocenters. The highest BCUT2D eigenvalue weighted by molar-refractivity contribution is 6.05. The molecule has 0 saturated heterocycles. The maximum atomic E-state index is 12.2. The SMILES string of the molecule is COc1ccc(CNc2ccc3c(=O)[nH]c4ncccc4c3c2)cc1. The van der Waals surface area contributed by atoms with Crippen LogP contribution in [-0.2, 0) is 6.54 Å². The van der Waals surface area contributed by atoms with Gasteiger partial charge in [0.05, 0.1) is 7.11 Å². The van der Waals surface area contributed by atoms with E-state index in [4.69, 9.17) is 4.74 Å². The second kappa shape index (κ2) is 6.28. The van der Waals surface area contributed by atoms with Crippen molar-refractivity contribution in [1.29, 1.82) is 0 Å². The topological polar surface area (TPSA) is 67.0 Å². The highest BCUT2D eigenvalue weighted by Gasteiger charge is 2.06. The number of rotatable bonds is 4. The first-order valence-electron chi connectivity index (χ1n) is 8.02. The van der Waals surface area contributed by atoms with E-state index in [1.165, 1.54) is 0 Å². The summed E-state index contributed by atoms with van der Waals surface area (Å²) in [7, 11) is 1.66. The maximum absolute atomic E-state index is 12.2. The van der Waals surface area contributed by atoms with Crippen LogP contribution in [0.15, 0.2) is 65.6 Å². The molecule has 25 heavy (non-hydrogen) atoms. The Bertz CT molecular complexity index is 1100. The standard InChI is InChI=1S/C20H17N3O2/c1-25-15-7-4-13(5-8-15)12-22-14-6-9-17-18(11-14)16-3-2-10-21-19(16)23-20(17)24/h2-11,22H,12H2,1H3,(H,21,23,24). The van der Waals surface area contributed by atoms with Gasteiger partial charge in [0.15, 0.2) is 0 Å². The van der Waals surface area contributed by atoms with Gasteiger partial charge in [-0.1, -0.05) is 12.1 Å². The van der Waals surface area contributed by atoms with E-state index in [9.17, 15) is 4.79 Å². The molecule has 0 saturated carbocycles. The zero-order chi connectivity index (χ0) is 17.2. The largest absolute Gasteiger partial charge is 0.497 e. The molecule has 0 aliphatic carbocycles. The van der Waals surface area contributed by atoms with Gasteiger partial charge in [0.2, 0.25) is 0 Å². The normalized spacial score (nSPS) is 10.9. The van der Waals surface area contributed by atoms with Crippen molar-refractivity contribution in [2.24, 2.45) is 0 Å². The van der Waals surface area contributed by atoms with Crippen molar-refractivity contribution in [2.45, 2.75) is 6.54 Å². The third kappa shape index (κ3) is 2.92. The van der Waals surface area contributed by atoms with Crippen molar-refractivity contribution in [3.63, 3.8) is 0 Å². The Morgan fingerprint density at radius 1 is 1.04 bits per heavy atom. The van der Waals surface area contributed by atoms with Gasteiger partial charge in [-0.25, -0.2) is 4.98 Å². The highest BCUT2D eigenvalue weighted by Crippen LogP contribution is 2.23. The van der Waals surface area contributed by atoms with Crippen molar-refractivity contribution in [3.8, 4) is 5.75 Å². The quantitative estimate of drug-likeness (QED) is 0.560. The summed E-state index contributed by atoms with van der Waals surface area (Å²) >= 11 is 0. The van der Waals surface area contributed by atoms with E-state index in [-0.39, 0.29) is 5.56 Å². The first kappa shape index (κ1) is 15.2. The lowest BCUT2D eigenvalue weighted by atomic mass is 10.1. The van der Waals surface area contributed by atoms with Crippen molar-refractivity contribution in [3.05, 3.63) is 76.7 Å². The molecular formula is C20H17N3O2. The molecule has 0 radical (unpaired) electrons. The number of H-pyrrole nitrogens is 1. The van der Waals surface area contributed by atoms with Gasteiger partial charge < -0.3 is 15.0 Å². The van der Waals surface area contributed by atoms with E-state index < -0.39 is 0 Å². The average Bonchev–Trinajstić information content (AvgIpc) is 2.67. The molecule has 2 aromatic carbocycles. The number of aromatic nitrogens is 2. The Hall–Kier alpha value is -3.34. The number of hydrogen-bond donors (Lipinski definition) is 2. The second-order valence-electron chi connectivity index (χ2n) is 5.82. The van der Waals surface area contributed by atoms with E-state index in [0.29, 0.717) is 17.6 Å². The molecule has 2 aromatic heterocycles. The molecule has 0 aliphatic heterocycles. The van der Waals surface area contributed by atoms with E-state index in [0.717, 1.165) is 27.8 Å². The molecule has 5 heteroatoms. The number of benzene rings is 2. The molecule has 124 valence electrons. The minimum Gasteiger partial charge on any atom is -0.497 e. The summed E-state index contributed by atoms with van der Waals surface area (Å²) < 4.78 is 5.17. The molecule has 0 bridgehead atoms. The van der Waals surface area contributed by atoms with Crippen LogP contribution >= 0.6 is 0 Å². The number of pyridine rings is 2. The third-order valence-corrected chi connectivity index (χ3v) is 4.25. The second-order valence-corrected chi connectivity index (χ2v) is 5.82. The molecule has 0 amide bonds. The van der Waals surface area contributed by atoms with Gasteiger partial charge in [-0.2, -0.15) is 0 Å². The van der Waals surface area contributed by atoms with Gasteiger partial charge in [0, 0.05) is 34.6 Å². The van der Waals surface area contributed by atoms with Crippen molar-refractivity contribution in [1.82, 2.24) is 9.97 Å². The molecular weight excluding hydrogens is 314 g/mol. The summed E-state index contributed by atoms with van der Waals surface area (Å²) in [6.45, 7) is 0.689. The first-order valence-corrected chi connectivity index (χ1v) is 8.02. The van der Waals surface area contributed by atoms with Crippen LogP contribution in [0.5, 0.6) is 5.75 Å². The number of ether oxygens (including phenoxy) is 1. The van der Waals surface area contributed by atoms with Crippen LogP contribution in [0.3, 0.4) is 0 Å². The fourth-order valence-electron chi connectivity index (χ4n) is 2.92. The number of aromatic amines is 1.